The Kier molecular flexibility index (Phi) is 4.07. The average molecular weight is 261 g/mol. The third kappa shape index (κ3) is 3.23. The van der Waals surface area contributed by atoms with Crippen molar-refractivity contribution in [3.8, 4) is 0 Å². The van der Waals surface area contributed by atoms with Gasteiger partial charge in [0, 0.05) is 6.42 Å². The van der Waals surface area contributed by atoms with Crippen molar-refractivity contribution in [1.82, 2.24) is 0 Å². The van der Waals surface area contributed by atoms with Gasteiger partial charge in [-0.25, -0.2) is 0 Å². The highest BCUT2D eigenvalue weighted by molar-refractivity contribution is 5.85. The zero-order valence-corrected chi connectivity index (χ0v) is 12.0. The molecule has 0 radical (unpaired) electrons. The van der Waals surface area contributed by atoms with E-state index < -0.39 is 6.04 Å². The maximum absolute atomic E-state index is 12.3. The molecule has 2 unspecified atom stereocenters. The first-order chi connectivity index (χ1) is 8.89. The Hall–Kier alpha value is -1.19. The van der Waals surface area contributed by atoms with Crippen molar-refractivity contribution in [2.45, 2.75) is 45.8 Å². The van der Waals surface area contributed by atoms with Crippen LogP contribution >= 0.6 is 0 Å². The lowest BCUT2D eigenvalue weighted by Gasteiger charge is -2.30. The summed E-state index contributed by atoms with van der Waals surface area (Å²) in [7, 11) is 0. The molecule has 19 heavy (non-hydrogen) atoms. The lowest BCUT2D eigenvalue weighted by atomic mass is 9.82. The second-order valence-corrected chi connectivity index (χ2v) is 6.32. The number of hydrogen-bond donors (Lipinski definition) is 1. The predicted molar refractivity (Wildman–Crippen MR) is 75.9 cm³/mol. The van der Waals surface area contributed by atoms with Crippen molar-refractivity contribution in [3.05, 3.63) is 35.4 Å². The number of hydrogen-bond acceptors (Lipinski definition) is 3. The minimum Gasteiger partial charge on any atom is -0.373 e. The maximum atomic E-state index is 12.3. The van der Waals surface area contributed by atoms with Gasteiger partial charge in [0.1, 0.15) is 0 Å². The molecule has 0 saturated heterocycles. The summed E-state index contributed by atoms with van der Waals surface area (Å²) >= 11 is 0. The van der Waals surface area contributed by atoms with E-state index in [2.05, 4.69) is 12.1 Å². The van der Waals surface area contributed by atoms with Crippen LogP contribution in [0, 0.1) is 5.41 Å². The van der Waals surface area contributed by atoms with E-state index in [1.807, 2.05) is 32.9 Å². The normalized spacial score (nSPS) is 20.7. The van der Waals surface area contributed by atoms with Gasteiger partial charge in [-0.1, -0.05) is 45.0 Å². The molecule has 0 aromatic heterocycles. The van der Waals surface area contributed by atoms with Gasteiger partial charge in [-0.05, 0) is 23.0 Å². The van der Waals surface area contributed by atoms with Crippen LogP contribution in [0.25, 0.3) is 0 Å². The summed E-state index contributed by atoms with van der Waals surface area (Å²) in [5.74, 6) is 0.0780. The number of ketones is 1. The number of nitrogens with two attached hydrogens (primary N) is 1. The Balaban J connectivity index is 2.11. The van der Waals surface area contributed by atoms with Gasteiger partial charge in [0.15, 0.2) is 5.78 Å². The second kappa shape index (κ2) is 5.43. The van der Waals surface area contributed by atoms with Crippen LogP contribution in [-0.2, 0) is 16.0 Å². The van der Waals surface area contributed by atoms with Crippen LogP contribution in [0.3, 0.4) is 0 Å². The van der Waals surface area contributed by atoms with Gasteiger partial charge in [-0.3, -0.25) is 4.79 Å². The minimum atomic E-state index is -0.440. The fraction of sp³-hybridized carbons (Fsp3) is 0.562. The van der Waals surface area contributed by atoms with Crippen LogP contribution in [-0.4, -0.2) is 18.4 Å². The lowest BCUT2D eigenvalue weighted by molar-refractivity contribution is -0.125. The molecule has 0 saturated carbocycles. The van der Waals surface area contributed by atoms with Gasteiger partial charge in [0.25, 0.3) is 0 Å². The van der Waals surface area contributed by atoms with Crippen molar-refractivity contribution < 1.29 is 9.53 Å². The molecular formula is C16H23NO2. The zero-order chi connectivity index (χ0) is 14.0. The summed E-state index contributed by atoms with van der Waals surface area (Å²) in [6.45, 7) is 6.65. The lowest BCUT2D eigenvalue weighted by Crippen LogP contribution is -2.43. The Bertz CT molecular complexity index is 462. The summed E-state index contributed by atoms with van der Waals surface area (Å²) in [5.41, 5.74) is 8.25. The fourth-order valence-corrected chi connectivity index (χ4v) is 2.44. The summed E-state index contributed by atoms with van der Waals surface area (Å²) in [6.07, 6.45) is 1.16. The Morgan fingerprint density at radius 3 is 2.79 bits per heavy atom. The van der Waals surface area contributed by atoms with Gasteiger partial charge in [-0.2, -0.15) is 0 Å². The molecule has 2 atom stereocenters. The standard InChI is InChI=1S/C16H23NO2/c1-16(2,3)15(17)13(18)10-14-12-7-5-4-6-11(12)8-9-19-14/h4-7,14-15H,8-10,17H2,1-3H3. The second-order valence-electron chi connectivity index (χ2n) is 6.32. The number of ether oxygens (including phenoxy) is 1. The first kappa shape index (κ1) is 14.2. The number of rotatable bonds is 3. The molecule has 104 valence electrons. The molecule has 0 bridgehead atoms. The molecule has 0 spiro atoms. The molecule has 2 rings (SSSR count). The third-order valence-corrected chi connectivity index (χ3v) is 3.76. The zero-order valence-electron chi connectivity index (χ0n) is 12.0. The molecule has 1 aliphatic heterocycles. The number of benzene rings is 1. The van der Waals surface area contributed by atoms with E-state index in [1.54, 1.807) is 0 Å². The van der Waals surface area contributed by atoms with Crippen LogP contribution in [0.1, 0.15) is 44.4 Å². The SMILES string of the molecule is CC(C)(C)C(N)C(=O)CC1OCCc2ccccc21. The van der Waals surface area contributed by atoms with Gasteiger partial charge in [0.05, 0.1) is 18.8 Å². The molecule has 2 N–H and O–H groups in total. The van der Waals surface area contributed by atoms with Crippen LogP contribution < -0.4 is 5.73 Å². The number of Topliss-reactive ketones (excluding diaryl/α,β-unsaturated/α-hetero) is 1. The smallest absolute Gasteiger partial charge is 0.152 e. The number of fused-ring (bicyclic) bond motifs is 1. The summed E-state index contributed by atoms with van der Waals surface area (Å²) < 4.78 is 5.76. The van der Waals surface area contributed by atoms with Crippen LogP contribution in [0.15, 0.2) is 24.3 Å². The molecule has 1 aromatic carbocycles. The monoisotopic (exact) mass is 261 g/mol. The molecule has 0 amide bonds. The van der Waals surface area contributed by atoms with Crippen LogP contribution in [0.2, 0.25) is 0 Å². The van der Waals surface area contributed by atoms with Gasteiger partial charge in [0.2, 0.25) is 0 Å². The molecule has 1 aliphatic rings. The number of carbonyl (C=O) groups excluding carboxylic acids is 1. The van der Waals surface area contributed by atoms with E-state index in [4.69, 9.17) is 10.5 Å². The van der Waals surface area contributed by atoms with Crippen molar-refractivity contribution in [3.63, 3.8) is 0 Å². The quantitative estimate of drug-likeness (QED) is 0.910. The van der Waals surface area contributed by atoms with Gasteiger partial charge < -0.3 is 10.5 Å². The van der Waals surface area contributed by atoms with E-state index in [1.165, 1.54) is 5.56 Å². The van der Waals surface area contributed by atoms with Crippen molar-refractivity contribution in [2.75, 3.05) is 6.61 Å². The first-order valence-corrected chi connectivity index (χ1v) is 6.87. The summed E-state index contributed by atoms with van der Waals surface area (Å²) in [5, 5.41) is 0. The Morgan fingerprint density at radius 1 is 1.42 bits per heavy atom. The van der Waals surface area contributed by atoms with Crippen molar-refractivity contribution in [1.29, 1.82) is 0 Å². The van der Waals surface area contributed by atoms with Crippen molar-refractivity contribution in [2.24, 2.45) is 11.1 Å². The highest BCUT2D eigenvalue weighted by atomic mass is 16.5. The van der Waals surface area contributed by atoms with Crippen LogP contribution in [0.5, 0.6) is 0 Å². The topological polar surface area (TPSA) is 52.3 Å². The number of carbonyl (C=O) groups is 1. The van der Waals surface area contributed by atoms with E-state index >= 15 is 0 Å². The molecule has 0 aliphatic carbocycles. The molecular weight excluding hydrogens is 238 g/mol. The molecule has 3 nitrogen and oxygen atoms in total. The van der Waals surface area contributed by atoms with E-state index in [9.17, 15) is 4.79 Å². The highest BCUT2D eigenvalue weighted by Crippen LogP contribution is 2.31. The average Bonchev–Trinajstić information content (AvgIpc) is 2.37. The Labute approximate surface area is 115 Å². The van der Waals surface area contributed by atoms with Gasteiger partial charge >= 0.3 is 0 Å². The summed E-state index contributed by atoms with van der Waals surface area (Å²) in [4.78, 5) is 12.3. The molecule has 1 aromatic rings. The third-order valence-electron chi connectivity index (χ3n) is 3.76. The highest BCUT2D eigenvalue weighted by Gasteiger charge is 2.31. The van der Waals surface area contributed by atoms with Crippen LogP contribution in [0.4, 0.5) is 0 Å². The Morgan fingerprint density at radius 2 is 2.11 bits per heavy atom. The van der Waals surface area contributed by atoms with E-state index in [-0.39, 0.29) is 17.3 Å². The first-order valence-electron chi connectivity index (χ1n) is 6.87. The maximum Gasteiger partial charge on any atom is 0.152 e. The summed E-state index contributed by atoms with van der Waals surface area (Å²) in [6, 6.07) is 7.75. The molecule has 1 heterocycles. The fourth-order valence-electron chi connectivity index (χ4n) is 2.44. The van der Waals surface area contributed by atoms with Crippen molar-refractivity contribution >= 4 is 5.78 Å². The van der Waals surface area contributed by atoms with E-state index in [0.717, 1.165) is 12.0 Å². The van der Waals surface area contributed by atoms with Gasteiger partial charge in [-0.15, -0.1) is 0 Å². The molecule has 0 fully saturated rings. The predicted octanol–water partition coefficient (Wildman–Crippen LogP) is 2.63. The minimum absolute atomic E-state index is 0.0780. The van der Waals surface area contributed by atoms with E-state index in [0.29, 0.717) is 13.0 Å². The largest absolute Gasteiger partial charge is 0.373 e. The molecule has 3 heteroatoms.